The van der Waals surface area contributed by atoms with Crippen LogP contribution in [0.3, 0.4) is 0 Å². The molecular formula is C18H14FN3. The van der Waals surface area contributed by atoms with Crippen LogP contribution in [0.4, 0.5) is 10.1 Å². The van der Waals surface area contributed by atoms with Crippen molar-refractivity contribution in [3.8, 4) is 0 Å². The van der Waals surface area contributed by atoms with Crippen molar-refractivity contribution < 1.29 is 4.39 Å². The Morgan fingerprint density at radius 3 is 2.73 bits per heavy atom. The fourth-order valence-electron chi connectivity index (χ4n) is 2.77. The summed E-state index contributed by atoms with van der Waals surface area (Å²) in [5.41, 5.74) is 5.30. The topological polar surface area (TPSA) is 40.5 Å². The number of halogens is 1. The Hall–Kier alpha value is -2.75. The number of hydrogen-bond donors (Lipinski definition) is 1. The van der Waals surface area contributed by atoms with E-state index in [1.165, 1.54) is 12.1 Å². The molecule has 0 saturated heterocycles. The Labute approximate surface area is 127 Å². The van der Waals surface area contributed by atoms with Crippen molar-refractivity contribution in [2.45, 2.75) is 6.92 Å². The predicted octanol–water partition coefficient (Wildman–Crippen LogP) is 4.25. The second-order valence-corrected chi connectivity index (χ2v) is 5.42. The highest BCUT2D eigenvalue weighted by molar-refractivity contribution is 6.20. The number of fused-ring (bicyclic) bond motifs is 3. The van der Waals surface area contributed by atoms with Crippen LogP contribution < -0.4 is 0 Å². The SMILES string of the molecule is CC1=Nc2c([nH]c3ccc(F)cc23)C(c2ccccc2)=NC1. The summed E-state index contributed by atoms with van der Waals surface area (Å²) in [4.78, 5) is 12.7. The molecule has 3 nitrogen and oxygen atoms in total. The van der Waals surface area contributed by atoms with Gasteiger partial charge in [0.2, 0.25) is 0 Å². The monoisotopic (exact) mass is 291 g/mol. The summed E-state index contributed by atoms with van der Waals surface area (Å²) >= 11 is 0. The molecule has 108 valence electrons. The van der Waals surface area contributed by atoms with Gasteiger partial charge in [-0.25, -0.2) is 4.39 Å². The van der Waals surface area contributed by atoms with Gasteiger partial charge >= 0.3 is 0 Å². The van der Waals surface area contributed by atoms with Crippen LogP contribution in [0.15, 0.2) is 58.5 Å². The maximum atomic E-state index is 13.6. The molecule has 0 radical (unpaired) electrons. The molecule has 1 N–H and O–H groups in total. The number of H-pyrrole nitrogens is 1. The first-order valence-corrected chi connectivity index (χ1v) is 7.18. The largest absolute Gasteiger partial charge is 0.351 e. The van der Waals surface area contributed by atoms with E-state index in [2.05, 4.69) is 9.98 Å². The van der Waals surface area contributed by atoms with Gasteiger partial charge in [0.15, 0.2) is 0 Å². The summed E-state index contributed by atoms with van der Waals surface area (Å²) in [7, 11) is 0. The minimum atomic E-state index is -0.260. The Morgan fingerprint density at radius 2 is 1.91 bits per heavy atom. The zero-order valence-corrected chi connectivity index (χ0v) is 12.1. The lowest BCUT2D eigenvalue weighted by molar-refractivity contribution is 0.630. The number of aromatic amines is 1. The van der Waals surface area contributed by atoms with E-state index in [1.54, 1.807) is 6.07 Å². The van der Waals surface area contributed by atoms with E-state index in [0.717, 1.165) is 39.3 Å². The van der Waals surface area contributed by atoms with Gasteiger partial charge in [0.05, 0.1) is 23.6 Å². The van der Waals surface area contributed by atoms with Gasteiger partial charge in [-0.3, -0.25) is 9.98 Å². The number of nitrogens with zero attached hydrogens (tertiary/aromatic N) is 2. The third-order valence-electron chi connectivity index (χ3n) is 3.79. The summed E-state index contributed by atoms with van der Waals surface area (Å²) in [5.74, 6) is -0.260. The molecule has 0 aliphatic carbocycles. The second-order valence-electron chi connectivity index (χ2n) is 5.42. The third kappa shape index (κ3) is 2.04. The van der Waals surface area contributed by atoms with Crippen LogP contribution in [0, 0.1) is 5.82 Å². The van der Waals surface area contributed by atoms with Crippen molar-refractivity contribution in [1.29, 1.82) is 0 Å². The van der Waals surface area contributed by atoms with E-state index in [-0.39, 0.29) is 5.82 Å². The first-order valence-electron chi connectivity index (χ1n) is 7.18. The molecule has 0 saturated carbocycles. The quantitative estimate of drug-likeness (QED) is 0.696. The predicted molar refractivity (Wildman–Crippen MR) is 88.0 cm³/mol. The normalized spacial score (nSPS) is 14.3. The lowest BCUT2D eigenvalue weighted by Crippen LogP contribution is -2.05. The van der Waals surface area contributed by atoms with Crippen LogP contribution in [0.5, 0.6) is 0 Å². The first kappa shape index (κ1) is 13.0. The minimum Gasteiger partial charge on any atom is -0.351 e. The Balaban J connectivity index is 2.02. The van der Waals surface area contributed by atoms with Crippen LogP contribution in [0.1, 0.15) is 18.2 Å². The molecular weight excluding hydrogens is 277 g/mol. The summed E-state index contributed by atoms with van der Waals surface area (Å²) in [6.07, 6.45) is 0. The molecule has 2 heterocycles. The molecule has 0 unspecified atom stereocenters. The van der Waals surface area contributed by atoms with Gasteiger partial charge in [-0.15, -0.1) is 0 Å². The molecule has 2 aromatic carbocycles. The summed E-state index contributed by atoms with van der Waals surface area (Å²) in [6, 6.07) is 14.7. The zero-order chi connectivity index (χ0) is 15.1. The molecule has 0 atom stereocenters. The molecule has 4 rings (SSSR count). The van der Waals surface area contributed by atoms with E-state index in [9.17, 15) is 4.39 Å². The highest BCUT2D eigenvalue weighted by atomic mass is 19.1. The molecule has 0 spiro atoms. The number of aliphatic imine (C=N–C) groups is 2. The molecule has 3 aromatic rings. The van der Waals surface area contributed by atoms with Gasteiger partial charge in [-0.1, -0.05) is 30.3 Å². The Morgan fingerprint density at radius 1 is 1.09 bits per heavy atom. The van der Waals surface area contributed by atoms with E-state index in [0.29, 0.717) is 6.54 Å². The molecule has 1 aliphatic rings. The summed E-state index contributed by atoms with van der Waals surface area (Å²) in [6.45, 7) is 2.49. The highest BCUT2D eigenvalue weighted by Gasteiger charge is 2.20. The Kier molecular flexibility index (Phi) is 2.89. The molecule has 22 heavy (non-hydrogen) atoms. The van der Waals surface area contributed by atoms with E-state index in [1.807, 2.05) is 37.3 Å². The maximum absolute atomic E-state index is 13.6. The molecule has 0 fully saturated rings. The van der Waals surface area contributed by atoms with Crippen LogP contribution >= 0.6 is 0 Å². The van der Waals surface area contributed by atoms with Crippen molar-refractivity contribution in [3.63, 3.8) is 0 Å². The number of nitrogens with one attached hydrogen (secondary N) is 1. The van der Waals surface area contributed by atoms with E-state index < -0.39 is 0 Å². The Bertz CT molecular complexity index is 920. The molecule has 1 aliphatic heterocycles. The average molecular weight is 291 g/mol. The number of rotatable bonds is 1. The first-order chi connectivity index (χ1) is 10.7. The van der Waals surface area contributed by atoms with Gasteiger partial charge < -0.3 is 4.98 Å². The van der Waals surface area contributed by atoms with E-state index in [4.69, 9.17) is 4.99 Å². The van der Waals surface area contributed by atoms with Crippen molar-refractivity contribution in [2.75, 3.05) is 6.54 Å². The lowest BCUT2D eigenvalue weighted by atomic mass is 10.1. The van der Waals surface area contributed by atoms with E-state index >= 15 is 0 Å². The fraction of sp³-hybridized carbons (Fsp3) is 0.111. The maximum Gasteiger partial charge on any atom is 0.124 e. The highest BCUT2D eigenvalue weighted by Crippen LogP contribution is 2.34. The van der Waals surface area contributed by atoms with Crippen LogP contribution in [-0.4, -0.2) is 23.0 Å². The van der Waals surface area contributed by atoms with Crippen molar-refractivity contribution in [2.24, 2.45) is 9.98 Å². The van der Waals surface area contributed by atoms with Gasteiger partial charge in [0.25, 0.3) is 0 Å². The van der Waals surface area contributed by atoms with Gasteiger partial charge in [0, 0.05) is 22.2 Å². The van der Waals surface area contributed by atoms with Crippen molar-refractivity contribution >= 4 is 28.0 Å². The van der Waals surface area contributed by atoms with Gasteiger partial charge in [-0.2, -0.15) is 0 Å². The molecule has 0 amide bonds. The van der Waals surface area contributed by atoms with Crippen LogP contribution in [-0.2, 0) is 0 Å². The van der Waals surface area contributed by atoms with Crippen molar-refractivity contribution in [3.05, 3.63) is 65.6 Å². The lowest BCUT2D eigenvalue weighted by Gasteiger charge is -2.04. The summed E-state index contributed by atoms with van der Waals surface area (Å²) in [5, 5.41) is 0.792. The number of hydrogen-bond acceptors (Lipinski definition) is 2. The van der Waals surface area contributed by atoms with Crippen LogP contribution in [0.25, 0.3) is 10.9 Å². The van der Waals surface area contributed by atoms with Gasteiger partial charge in [-0.05, 0) is 25.1 Å². The minimum absolute atomic E-state index is 0.260. The number of benzene rings is 2. The third-order valence-corrected chi connectivity index (χ3v) is 3.79. The summed E-state index contributed by atoms with van der Waals surface area (Å²) < 4.78 is 13.6. The second kappa shape index (κ2) is 4.91. The average Bonchev–Trinajstić information content (AvgIpc) is 2.77. The van der Waals surface area contributed by atoms with Gasteiger partial charge in [0.1, 0.15) is 5.82 Å². The zero-order valence-electron chi connectivity index (χ0n) is 12.1. The van der Waals surface area contributed by atoms with Crippen molar-refractivity contribution in [1.82, 2.24) is 4.98 Å². The molecule has 1 aromatic heterocycles. The smallest absolute Gasteiger partial charge is 0.124 e. The molecule has 4 heteroatoms. The fourth-order valence-corrected chi connectivity index (χ4v) is 2.77. The van der Waals surface area contributed by atoms with Crippen LogP contribution in [0.2, 0.25) is 0 Å². The standard InChI is InChI=1S/C18H14FN3/c1-11-10-20-16(12-5-3-2-4-6-12)18-17(21-11)14-9-13(19)7-8-15(14)22-18/h2-9,22H,10H2,1H3. The number of aromatic nitrogens is 1. The molecule has 0 bridgehead atoms.